The van der Waals surface area contributed by atoms with Gasteiger partial charge in [0.1, 0.15) is 0 Å². The molecule has 6 heteroatoms. The maximum atomic E-state index is 5.77. The molecule has 0 radical (unpaired) electrons. The average molecular weight is 357 g/mol. The predicted octanol–water partition coefficient (Wildman–Crippen LogP) is 3.34. The second kappa shape index (κ2) is 6.85. The molecule has 2 heterocycles. The number of nitrogens with one attached hydrogen (secondary N) is 1. The highest BCUT2D eigenvalue weighted by atomic mass is 79.9. The number of aromatic nitrogens is 2. The molecular weight excluding hydrogens is 336 g/mol. The van der Waals surface area contributed by atoms with Gasteiger partial charge in [-0.1, -0.05) is 6.92 Å². The van der Waals surface area contributed by atoms with E-state index in [-0.39, 0.29) is 6.04 Å². The van der Waals surface area contributed by atoms with Gasteiger partial charge in [0.15, 0.2) is 0 Å². The van der Waals surface area contributed by atoms with Crippen molar-refractivity contribution >= 4 is 27.3 Å². The molecule has 0 aliphatic rings. The van der Waals surface area contributed by atoms with Crippen molar-refractivity contribution in [1.82, 2.24) is 15.2 Å². The molecule has 0 spiro atoms. The summed E-state index contributed by atoms with van der Waals surface area (Å²) in [6, 6.07) is 2.26. The molecule has 20 heavy (non-hydrogen) atoms. The van der Waals surface area contributed by atoms with E-state index in [4.69, 9.17) is 5.84 Å². The van der Waals surface area contributed by atoms with E-state index in [0.29, 0.717) is 0 Å². The Bertz CT molecular complexity index is 576. The largest absolute Gasteiger partial charge is 0.271 e. The van der Waals surface area contributed by atoms with Crippen molar-refractivity contribution in [2.75, 3.05) is 0 Å². The zero-order valence-corrected chi connectivity index (χ0v) is 14.5. The Kier molecular flexibility index (Phi) is 5.37. The molecular formula is C14H21BrN4S. The van der Waals surface area contributed by atoms with Gasteiger partial charge in [0.25, 0.3) is 0 Å². The van der Waals surface area contributed by atoms with E-state index in [1.165, 1.54) is 16.1 Å². The summed E-state index contributed by atoms with van der Waals surface area (Å²) in [4.78, 5) is 1.29. The van der Waals surface area contributed by atoms with Gasteiger partial charge >= 0.3 is 0 Å². The van der Waals surface area contributed by atoms with Crippen molar-refractivity contribution in [1.29, 1.82) is 0 Å². The molecule has 110 valence electrons. The summed E-state index contributed by atoms with van der Waals surface area (Å²) >= 11 is 5.44. The van der Waals surface area contributed by atoms with Crippen molar-refractivity contribution in [3.05, 3.63) is 37.7 Å². The Balaban J connectivity index is 2.32. The highest BCUT2D eigenvalue weighted by Crippen LogP contribution is 2.30. The molecule has 2 aromatic rings. The third-order valence-corrected chi connectivity index (χ3v) is 5.56. The van der Waals surface area contributed by atoms with Gasteiger partial charge in [-0.2, -0.15) is 5.10 Å². The fraction of sp³-hybridized carbons (Fsp3) is 0.500. The van der Waals surface area contributed by atoms with Crippen LogP contribution in [-0.2, 0) is 19.4 Å². The van der Waals surface area contributed by atoms with Gasteiger partial charge in [-0.25, -0.2) is 0 Å². The van der Waals surface area contributed by atoms with Crippen LogP contribution in [0.4, 0.5) is 0 Å². The molecule has 0 saturated carbocycles. The standard InChI is InChI=1S/C14H21BrN4S/c1-4-10-13(15)12(19(5-2)18-10)8-11(17-16)14-9(3)6-7-20-14/h6-7,11,17H,4-5,8,16H2,1-3H3. The second-order valence-electron chi connectivity index (χ2n) is 4.77. The number of nitrogens with two attached hydrogens (primary N) is 1. The first-order valence-corrected chi connectivity index (χ1v) is 8.53. The molecule has 4 nitrogen and oxygen atoms in total. The van der Waals surface area contributed by atoms with Crippen LogP contribution in [0.5, 0.6) is 0 Å². The second-order valence-corrected chi connectivity index (χ2v) is 6.51. The third kappa shape index (κ3) is 2.98. The van der Waals surface area contributed by atoms with Crippen LogP contribution >= 0.6 is 27.3 Å². The zero-order valence-electron chi connectivity index (χ0n) is 12.1. The third-order valence-electron chi connectivity index (χ3n) is 3.51. The van der Waals surface area contributed by atoms with Crippen LogP contribution in [0.15, 0.2) is 15.9 Å². The molecule has 0 bridgehead atoms. The highest BCUT2D eigenvalue weighted by Gasteiger charge is 2.20. The summed E-state index contributed by atoms with van der Waals surface area (Å²) in [7, 11) is 0. The van der Waals surface area contributed by atoms with E-state index in [1.54, 1.807) is 11.3 Å². The van der Waals surface area contributed by atoms with Gasteiger partial charge in [0.05, 0.1) is 21.9 Å². The summed E-state index contributed by atoms with van der Waals surface area (Å²) in [6.45, 7) is 7.23. The van der Waals surface area contributed by atoms with Gasteiger partial charge in [0.2, 0.25) is 0 Å². The average Bonchev–Trinajstić information content (AvgIpc) is 3.00. The van der Waals surface area contributed by atoms with Crippen LogP contribution in [-0.4, -0.2) is 9.78 Å². The van der Waals surface area contributed by atoms with Gasteiger partial charge < -0.3 is 0 Å². The Morgan fingerprint density at radius 3 is 2.75 bits per heavy atom. The number of hydrogen-bond acceptors (Lipinski definition) is 4. The molecule has 3 N–H and O–H groups in total. The predicted molar refractivity (Wildman–Crippen MR) is 87.8 cm³/mol. The van der Waals surface area contributed by atoms with Gasteiger partial charge in [-0.3, -0.25) is 16.0 Å². The minimum absolute atomic E-state index is 0.123. The molecule has 1 unspecified atom stereocenters. The van der Waals surface area contributed by atoms with Gasteiger partial charge in [0, 0.05) is 17.8 Å². The minimum Gasteiger partial charge on any atom is -0.271 e. The first kappa shape index (κ1) is 15.7. The van der Waals surface area contributed by atoms with Gasteiger partial charge in [-0.05, 0) is 53.2 Å². The van der Waals surface area contributed by atoms with Crippen molar-refractivity contribution in [3.8, 4) is 0 Å². The van der Waals surface area contributed by atoms with Crippen molar-refractivity contribution < 1.29 is 0 Å². The van der Waals surface area contributed by atoms with Crippen LogP contribution in [0.25, 0.3) is 0 Å². The van der Waals surface area contributed by atoms with E-state index in [1.807, 2.05) is 0 Å². The first-order chi connectivity index (χ1) is 9.62. The van der Waals surface area contributed by atoms with Crippen LogP contribution < -0.4 is 11.3 Å². The van der Waals surface area contributed by atoms with E-state index in [0.717, 1.165) is 29.6 Å². The molecule has 2 rings (SSSR count). The Hall–Kier alpha value is -0.690. The smallest absolute Gasteiger partial charge is 0.0766 e. The van der Waals surface area contributed by atoms with Gasteiger partial charge in [-0.15, -0.1) is 11.3 Å². The van der Waals surface area contributed by atoms with Crippen LogP contribution in [0.1, 0.15) is 41.7 Å². The summed E-state index contributed by atoms with van der Waals surface area (Å²) in [5.41, 5.74) is 6.55. The van der Waals surface area contributed by atoms with Crippen LogP contribution in [0.2, 0.25) is 0 Å². The van der Waals surface area contributed by atoms with Crippen molar-refractivity contribution in [2.45, 2.75) is 46.2 Å². The number of halogens is 1. The lowest BCUT2D eigenvalue weighted by Gasteiger charge is -2.16. The topological polar surface area (TPSA) is 55.9 Å². The molecule has 0 fully saturated rings. The van der Waals surface area contributed by atoms with Crippen LogP contribution in [0.3, 0.4) is 0 Å². The first-order valence-electron chi connectivity index (χ1n) is 6.86. The summed E-state index contributed by atoms with van der Waals surface area (Å²) < 4.78 is 3.19. The molecule has 0 amide bonds. The zero-order chi connectivity index (χ0) is 14.7. The van der Waals surface area contributed by atoms with E-state index < -0.39 is 0 Å². The van der Waals surface area contributed by atoms with E-state index >= 15 is 0 Å². The molecule has 1 atom stereocenters. The number of hydrogen-bond donors (Lipinski definition) is 2. The summed E-state index contributed by atoms with van der Waals surface area (Å²) in [5, 5.41) is 6.75. The lowest BCUT2D eigenvalue weighted by atomic mass is 10.1. The Morgan fingerprint density at radius 2 is 2.25 bits per heavy atom. The monoisotopic (exact) mass is 356 g/mol. The van der Waals surface area contributed by atoms with Crippen molar-refractivity contribution in [2.24, 2.45) is 5.84 Å². The summed E-state index contributed by atoms with van der Waals surface area (Å²) in [6.07, 6.45) is 1.76. The quantitative estimate of drug-likeness (QED) is 0.616. The lowest BCUT2D eigenvalue weighted by molar-refractivity contribution is 0.520. The van der Waals surface area contributed by atoms with Crippen LogP contribution in [0, 0.1) is 6.92 Å². The lowest BCUT2D eigenvalue weighted by Crippen LogP contribution is -2.30. The Labute approximate surface area is 132 Å². The Morgan fingerprint density at radius 1 is 1.50 bits per heavy atom. The number of nitrogens with zero attached hydrogens (tertiary/aromatic N) is 2. The highest BCUT2D eigenvalue weighted by molar-refractivity contribution is 9.10. The van der Waals surface area contributed by atoms with E-state index in [9.17, 15) is 0 Å². The fourth-order valence-electron chi connectivity index (χ4n) is 2.37. The number of aryl methyl sites for hydroxylation is 3. The molecule has 0 aliphatic heterocycles. The number of thiophene rings is 1. The maximum Gasteiger partial charge on any atom is 0.0766 e. The molecule has 2 aromatic heterocycles. The normalized spacial score (nSPS) is 12.8. The molecule has 0 aromatic carbocycles. The summed E-state index contributed by atoms with van der Waals surface area (Å²) in [5.74, 6) is 5.77. The molecule has 0 aliphatic carbocycles. The molecule has 0 saturated heterocycles. The SMILES string of the molecule is CCc1nn(CC)c(CC(NN)c2sccc2C)c1Br. The number of hydrazine groups is 1. The maximum absolute atomic E-state index is 5.77. The van der Waals surface area contributed by atoms with E-state index in [2.05, 4.69) is 63.4 Å². The fourth-order valence-corrected chi connectivity index (χ4v) is 4.09. The van der Waals surface area contributed by atoms with Crippen molar-refractivity contribution in [3.63, 3.8) is 0 Å². The minimum atomic E-state index is 0.123. The number of rotatable bonds is 6.